The highest BCUT2D eigenvalue weighted by Crippen LogP contribution is 2.36. The van der Waals surface area contributed by atoms with E-state index in [0.717, 1.165) is 42.8 Å². The van der Waals surface area contributed by atoms with Gasteiger partial charge in [0.25, 0.3) is 0 Å². The van der Waals surface area contributed by atoms with E-state index >= 15 is 0 Å². The molecule has 1 aliphatic heterocycles. The van der Waals surface area contributed by atoms with Gasteiger partial charge in [0.2, 0.25) is 5.91 Å². The van der Waals surface area contributed by atoms with E-state index in [1.165, 1.54) is 18.9 Å². The summed E-state index contributed by atoms with van der Waals surface area (Å²) in [4.78, 5) is 12.8. The molecular formula is C21H27FN4O. The van der Waals surface area contributed by atoms with Crippen LogP contribution >= 0.6 is 0 Å². The molecule has 1 atom stereocenters. The number of hydrogen-bond acceptors (Lipinski definition) is 3. The highest BCUT2D eigenvalue weighted by Gasteiger charge is 2.45. The number of aromatic nitrogens is 2. The van der Waals surface area contributed by atoms with Crippen LogP contribution in [0.25, 0.3) is 5.69 Å². The molecule has 1 aromatic heterocycles. The van der Waals surface area contributed by atoms with E-state index in [1.807, 2.05) is 13.8 Å². The fraction of sp³-hybridized carbons (Fsp3) is 0.524. The number of hydrogen-bond donors (Lipinski definition) is 2. The van der Waals surface area contributed by atoms with Gasteiger partial charge in [0, 0.05) is 22.8 Å². The van der Waals surface area contributed by atoms with Crippen molar-refractivity contribution in [3.05, 3.63) is 47.0 Å². The number of rotatable bonds is 4. The molecule has 2 aliphatic rings. The zero-order chi connectivity index (χ0) is 19.0. The second-order valence-electron chi connectivity index (χ2n) is 7.89. The standard InChI is InChI=1S/C21H27FN4O/c1-14-16(15(2)26(25-14)18-8-4-3-7-17(18)22)13-20(27)24-19-9-12-23-21(19)10-5-6-11-21/h3-4,7-8,19,23H,5-6,9-13H2,1-2H3,(H,24,27). The first-order valence-electron chi connectivity index (χ1n) is 9.84. The molecule has 1 unspecified atom stereocenters. The first-order valence-corrected chi connectivity index (χ1v) is 9.84. The number of benzene rings is 1. The van der Waals surface area contributed by atoms with Crippen molar-refractivity contribution >= 4 is 5.91 Å². The van der Waals surface area contributed by atoms with E-state index in [2.05, 4.69) is 15.7 Å². The molecule has 27 heavy (non-hydrogen) atoms. The van der Waals surface area contributed by atoms with Crippen LogP contribution in [-0.4, -0.2) is 33.8 Å². The molecule has 1 saturated heterocycles. The van der Waals surface area contributed by atoms with E-state index in [-0.39, 0.29) is 29.7 Å². The van der Waals surface area contributed by atoms with E-state index in [1.54, 1.807) is 22.9 Å². The van der Waals surface area contributed by atoms with Gasteiger partial charge in [0.05, 0.1) is 12.1 Å². The van der Waals surface area contributed by atoms with Gasteiger partial charge >= 0.3 is 0 Å². The van der Waals surface area contributed by atoms with Crippen LogP contribution in [0, 0.1) is 19.7 Å². The highest BCUT2D eigenvalue weighted by atomic mass is 19.1. The van der Waals surface area contributed by atoms with Gasteiger partial charge in [0.1, 0.15) is 11.5 Å². The number of para-hydroxylation sites is 1. The maximum atomic E-state index is 14.2. The van der Waals surface area contributed by atoms with Crippen LogP contribution in [-0.2, 0) is 11.2 Å². The van der Waals surface area contributed by atoms with Gasteiger partial charge in [0.15, 0.2) is 0 Å². The molecule has 0 radical (unpaired) electrons. The maximum absolute atomic E-state index is 14.2. The third-order valence-corrected chi connectivity index (χ3v) is 6.27. The molecule has 1 saturated carbocycles. The Bertz CT molecular complexity index is 848. The first-order chi connectivity index (χ1) is 13.0. The maximum Gasteiger partial charge on any atom is 0.224 e. The molecule has 6 heteroatoms. The van der Waals surface area contributed by atoms with Crippen molar-refractivity contribution in [1.82, 2.24) is 20.4 Å². The first kappa shape index (κ1) is 18.2. The summed E-state index contributed by atoms with van der Waals surface area (Å²) < 4.78 is 15.8. The summed E-state index contributed by atoms with van der Waals surface area (Å²) in [6.45, 7) is 4.74. The second kappa shape index (κ2) is 7.08. The predicted octanol–water partition coefficient (Wildman–Crippen LogP) is 2.96. The number of carbonyl (C=O) groups is 1. The van der Waals surface area contributed by atoms with Crippen LogP contribution in [0.2, 0.25) is 0 Å². The van der Waals surface area contributed by atoms with Gasteiger partial charge in [-0.15, -0.1) is 0 Å². The lowest BCUT2D eigenvalue weighted by Crippen LogP contribution is -2.53. The molecule has 5 nitrogen and oxygen atoms in total. The van der Waals surface area contributed by atoms with Crippen molar-refractivity contribution in [2.24, 2.45) is 0 Å². The molecule has 1 amide bonds. The molecule has 1 aliphatic carbocycles. The highest BCUT2D eigenvalue weighted by molar-refractivity contribution is 5.79. The molecule has 2 aromatic rings. The van der Waals surface area contributed by atoms with Crippen molar-refractivity contribution in [2.45, 2.75) is 64.0 Å². The van der Waals surface area contributed by atoms with Gasteiger partial charge in [-0.3, -0.25) is 4.79 Å². The van der Waals surface area contributed by atoms with E-state index in [0.29, 0.717) is 5.69 Å². The Balaban J connectivity index is 1.51. The number of nitrogens with one attached hydrogen (secondary N) is 2. The summed E-state index contributed by atoms with van der Waals surface area (Å²) in [5.41, 5.74) is 2.97. The lowest BCUT2D eigenvalue weighted by molar-refractivity contribution is -0.121. The minimum Gasteiger partial charge on any atom is -0.351 e. The minimum atomic E-state index is -0.320. The second-order valence-corrected chi connectivity index (χ2v) is 7.89. The number of amides is 1. The molecule has 2 N–H and O–H groups in total. The number of aryl methyl sites for hydroxylation is 1. The average Bonchev–Trinajstić information content (AvgIpc) is 3.34. The van der Waals surface area contributed by atoms with Gasteiger partial charge in [-0.2, -0.15) is 5.10 Å². The van der Waals surface area contributed by atoms with Crippen LogP contribution in [0.4, 0.5) is 4.39 Å². The van der Waals surface area contributed by atoms with Gasteiger partial charge < -0.3 is 10.6 Å². The quantitative estimate of drug-likeness (QED) is 0.870. The largest absolute Gasteiger partial charge is 0.351 e. The van der Waals surface area contributed by atoms with Crippen molar-refractivity contribution in [3.8, 4) is 5.69 Å². The summed E-state index contributed by atoms with van der Waals surface area (Å²) in [5, 5.41) is 11.4. The molecule has 2 heterocycles. The normalized spacial score (nSPS) is 21.1. The van der Waals surface area contributed by atoms with Crippen molar-refractivity contribution < 1.29 is 9.18 Å². The lowest BCUT2D eigenvalue weighted by atomic mass is 9.90. The third-order valence-electron chi connectivity index (χ3n) is 6.27. The Morgan fingerprint density at radius 3 is 2.81 bits per heavy atom. The molecule has 0 bridgehead atoms. The smallest absolute Gasteiger partial charge is 0.224 e. The molecular weight excluding hydrogens is 343 g/mol. The number of carbonyl (C=O) groups excluding carboxylic acids is 1. The average molecular weight is 370 g/mol. The molecule has 2 fully saturated rings. The number of nitrogens with zero attached hydrogens (tertiary/aromatic N) is 2. The van der Waals surface area contributed by atoms with Crippen LogP contribution in [0.1, 0.15) is 49.1 Å². The van der Waals surface area contributed by atoms with Crippen molar-refractivity contribution in [1.29, 1.82) is 0 Å². The van der Waals surface area contributed by atoms with Gasteiger partial charge in [-0.05, 0) is 51.8 Å². The monoisotopic (exact) mass is 370 g/mol. The van der Waals surface area contributed by atoms with Gasteiger partial charge in [-0.25, -0.2) is 9.07 Å². The van der Waals surface area contributed by atoms with Crippen LogP contribution in [0.5, 0.6) is 0 Å². The molecule has 1 spiro atoms. The Morgan fingerprint density at radius 2 is 2.07 bits per heavy atom. The Labute approximate surface area is 159 Å². The van der Waals surface area contributed by atoms with Crippen LogP contribution in [0.3, 0.4) is 0 Å². The van der Waals surface area contributed by atoms with E-state index < -0.39 is 0 Å². The SMILES string of the molecule is Cc1nn(-c2ccccc2F)c(C)c1CC(=O)NC1CCNC12CCCC2. The fourth-order valence-electron chi connectivity index (χ4n) is 4.80. The molecule has 144 valence electrons. The van der Waals surface area contributed by atoms with Crippen molar-refractivity contribution in [3.63, 3.8) is 0 Å². The lowest BCUT2D eigenvalue weighted by Gasteiger charge is -2.32. The molecule has 4 rings (SSSR count). The van der Waals surface area contributed by atoms with Crippen molar-refractivity contribution in [2.75, 3.05) is 6.54 Å². The summed E-state index contributed by atoms with van der Waals surface area (Å²) in [7, 11) is 0. The number of halogens is 1. The molecule has 1 aromatic carbocycles. The van der Waals surface area contributed by atoms with Crippen LogP contribution in [0.15, 0.2) is 24.3 Å². The van der Waals surface area contributed by atoms with Crippen LogP contribution < -0.4 is 10.6 Å². The summed E-state index contributed by atoms with van der Waals surface area (Å²) in [6, 6.07) is 6.77. The Kier molecular flexibility index (Phi) is 4.76. The third kappa shape index (κ3) is 3.27. The zero-order valence-electron chi connectivity index (χ0n) is 16.0. The minimum absolute atomic E-state index is 0.0225. The zero-order valence-corrected chi connectivity index (χ0v) is 16.0. The van der Waals surface area contributed by atoms with E-state index in [9.17, 15) is 9.18 Å². The fourth-order valence-corrected chi connectivity index (χ4v) is 4.80. The summed E-state index contributed by atoms with van der Waals surface area (Å²) in [6.07, 6.45) is 6.00. The van der Waals surface area contributed by atoms with E-state index in [4.69, 9.17) is 0 Å². The Morgan fingerprint density at radius 1 is 1.33 bits per heavy atom. The predicted molar refractivity (Wildman–Crippen MR) is 102 cm³/mol. The topological polar surface area (TPSA) is 59.0 Å². The Hall–Kier alpha value is -2.21. The summed E-state index contributed by atoms with van der Waals surface area (Å²) in [5.74, 6) is -0.298. The van der Waals surface area contributed by atoms with Gasteiger partial charge in [-0.1, -0.05) is 25.0 Å². The summed E-state index contributed by atoms with van der Waals surface area (Å²) >= 11 is 0.